The summed E-state index contributed by atoms with van der Waals surface area (Å²) in [6.45, 7) is 7.45. The largest absolute Gasteiger partial charge is 0.486 e. The topological polar surface area (TPSA) is 49.2 Å². The highest BCUT2D eigenvalue weighted by Crippen LogP contribution is 2.39. The Hall–Kier alpha value is -3.86. The van der Waals surface area contributed by atoms with Gasteiger partial charge in [0, 0.05) is 28.6 Å². The first kappa shape index (κ1) is 18.9. The third kappa shape index (κ3) is 2.93. The lowest BCUT2D eigenvalue weighted by molar-refractivity contribution is 0.172. The highest BCUT2D eigenvalue weighted by molar-refractivity contribution is 6.09. The summed E-state index contributed by atoms with van der Waals surface area (Å²) < 4.78 is 13.7. The van der Waals surface area contributed by atoms with Crippen LogP contribution in [-0.4, -0.2) is 28.0 Å². The monoisotopic (exact) mass is 421 g/mol. The van der Waals surface area contributed by atoms with E-state index in [1.165, 1.54) is 16.7 Å². The van der Waals surface area contributed by atoms with Crippen LogP contribution in [0.1, 0.15) is 16.7 Å². The van der Waals surface area contributed by atoms with E-state index in [9.17, 15) is 0 Å². The van der Waals surface area contributed by atoms with E-state index in [2.05, 4.69) is 63.2 Å². The van der Waals surface area contributed by atoms with Crippen molar-refractivity contribution in [3.05, 3.63) is 77.5 Å². The number of pyridine rings is 1. The first-order valence-electron chi connectivity index (χ1n) is 10.8. The normalized spacial score (nSPS) is 13.1. The van der Waals surface area contributed by atoms with Crippen LogP contribution < -0.4 is 9.47 Å². The van der Waals surface area contributed by atoms with E-state index < -0.39 is 0 Å². The van der Waals surface area contributed by atoms with Crippen LogP contribution in [0.2, 0.25) is 0 Å². The molecule has 0 fully saturated rings. The van der Waals surface area contributed by atoms with Gasteiger partial charge in [-0.05, 0) is 50.1 Å². The van der Waals surface area contributed by atoms with E-state index in [1.54, 1.807) is 0 Å². The zero-order valence-electron chi connectivity index (χ0n) is 18.3. The van der Waals surface area contributed by atoms with Gasteiger partial charge in [-0.15, -0.1) is 0 Å². The van der Waals surface area contributed by atoms with Gasteiger partial charge in [-0.3, -0.25) is 4.98 Å². The van der Waals surface area contributed by atoms with Crippen molar-refractivity contribution in [2.75, 3.05) is 13.2 Å². The van der Waals surface area contributed by atoms with Crippen molar-refractivity contribution in [1.29, 1.82) is 0 Å². The van der Waals surface area contributed by atoms with Crippen molar-refractivity contribution < 1.29 is 9.47 Å². The van der Waals surface area contributed by atoms with E-state index in [0.717, 1.165) is 50.2 Å². The Balaban J connectivity index is 1.70. The SMILES string of the molecule is Cc1ccc(-c2nn(-c3ccc(C)c(C)c3)c3c2cnc2cc4c(cc23)OCCO4)cc1. The van der Waals surface area contributed by atoms with Crippen LogP contribution in [-0.2, 0) is 0 Å². The Morgan fingerprint density at radius 3 is 2.28 bits per heavy atom. The molecule has 1 aliphatic rings. The van der Waals surface area contributed by atoms with Gasteiger partial charge in [-0.25, -0.2) is 4.68 Å². The Morgan fingerprint density at radius 2 is 1.53 bits per heavy atom. The van der Waals surface area contributed by atoms with Crippen LogP contribution in [0.5, 0.6) is 11.5 Å². The summed E-state index contributed by atoms with van der Waals surface area (Å²) in [4.78, 5) is 4.77. The number of fused-ring (bicyclic) bond motifs is 4. The Bertz CT molecular complexity index is 1500. The summed E-state index contributed by atoms with van der Waals surface area (Å²) in [7, 11) is 0. The van der Waals surface area contributed by atoms with Crippen LogP contribution in [0.25, 0.3) is 38.8 Å². The van der Waals surface area contributed by atoms with Gasteiger partial charge in [-0.2, -0.15) is 5.10 Å². The van der Waals surface area contributed by atoms with E-state index in [-0.39, 0.29) is 0 Å². The zero-order chi connectivity index (χ0) is 21.8. The molecule has 3 aromatic carbocycles. The van der Waals surface area contributed by atoms with E-state index in [1.807, 2.05) is 23.0 Å². The molecule has 5 nitrogen and oxygen atoms in total. The minimum Gasteiger partial charge on any atom is -0.486 e. The molecule has 32 heavy (non-hydrogen) atoms. The number of aryl methyl sites for hydroxylation is 3. The molecule has 0 radical (unpaired) electrons. The number of aromatic nitrogens is 3. The molecule has 0 atom stereocenters. The van der Waals surface area contributed by atoms with Crippen LogP contribution in [0, 0.1) is 20.8 Å². The van der Waals surface area contributed by atoms with Crippen molar-refractivity contribution >= 4 is 21.8 Å². The predicted octanol–water partition coefficient (Wildman–Crippen LogP) is 5.94. The number of hydrogen-bond acceptors (Lipinski definition) is 4. The molecule has 5 aromatic rings. The standard InChI is InChI=1S/C27H23N3O2/c1-16-4-7-19(8-5-16)26-22-15-28-23-14-25-24(31-10-11-32-25)13-21(23)27(22)30(29-26)20-9-6-17(2)18(3)12-20/h4-9,12-15H,10-11H2,1-3H3. The smallest absolute Gasteiger partial charge is 0.163 e. The quantitative estimate of drug-likeness (QED) is 0.354. The van der Waals surface area contributed by atoms with Crippen molar-refractivity contribution in [2.24, 2.45) is 0 Å². The second kappa shape index (κ2) is 7.09. The van der Waals surface area contributed by atoms with E-state index >= 15 is 0 Å². The van der Waals surface area contributed by atoms with Gasteiger partial charge in [-0.1, -0.05) is 35.9 Å². The van der Waals surface area contributed by atoms with Crippen LogP contribution in [0.4, 0.5) is 0 Å². The first-order chi connectivity index (χ1) is 15.6. The fourth-order valence-electron chi connectivity index (χ4n) is 4.29. The van der Waals surface area contributed by atoms with E-state index in [0.29, 0.717) is 13.2 Å². The minimum absolute atomic E-state index is 0.549. The minimum atomic E-state index is 0.549. The number of ether oxygens (including phenoxy) is 2. The summed E-state index contributed by atoms with van der Waals surface area (Å²) in [6, 6.07) is 18.9. The average Bonchev–Trinajstić information content (AvgIpc) is 3.20. The molecule has 0 bridgehead atoms. The molecule has 0 N–H and O–H groups in total. The molecule has 0 saturated heterocycles. The maximum absolute atomic E-state index is 5.88. The van der Waals surface area contributed by atoms with Gasteiger partial charge in [0.25, 0.3) is 0 Å². The molecule has 0 saturated carbocycles. The maximum atomic E-state index is 5.88. The average molecular weight is 422 g/mol. The fraction of sp³-hybridized carbons (Fsp3) is 0.185. The maximum Gasteiger partial charge on any atom is 0.163 e. The second-order valence-corrected chi connectivity index (χ2v) is 8.43. The van der Waals surface area contributed by atoms with Gasteiger partial charge in [0.05, 0.1) is 16.7 Å². The summed E-state index contributed by atoms with van der Waals surface area (Å²) in [5.74, 6) is 1.49. The number of benzene rings is 3. The molecule has 0 aliphatic carbocycles. The molecule has 0 amide bonds. The molecule has 5 heteroatoms. The van der Waals surface area contributed by atoms with Crippen molar-refractivity contribution in [3.63, 3.8) is 0 Å². The Kier molecular flexibility index (Phi) is 4.18. The van der Waals surface area contributed by atoms with E-state index in [4.69, 9.17) is 19.6 Å². The lowest BCUT2D eigenvalue weighted by Crippen LogP contribution is -2.15. The predicted molar refractivity (Wildman–Crippen MR) is 127 cm³/mol. The third-order valence-corrected chi connectivity index (χ3v) is 6.23. The molecule has 2 aromatic heterocycles. The molecule has 0 unspecified atom stereocenters. The lowest BCUT2D eigenvalue weighted by Gasteiger charge is -2.19. The van der Waals surface area contributed by atoms with Crippen LogP contribution >= 0.6 is 0 Å². The summed E-state index contributed by atoms with van der Waals surface area (Å²) in [5.41, 5.74) is 8.61. The van der Waals surface area contributed by atoms with Gasteiger partial charge < -0.3 is 9.47 Å². The zero-order valence-corrected chi connectivity index (χ0v) is 18.3. The van der Waals surface area contributed by atoms with Gasteiger partial charge in [0.2, 0.25) is 0 Å². The number of nitrogens with zero attached hydrogens (tertiary/aromatic N) is 3. The third-order valence-electron chi connectivity index (χ3n) is 6.23. The molecule has 3 heterocycles. The summed E-state index contributed by atoms with van der Waals surface area (Å²) in [6.07, 6.45) is 1.92. The molecular weight excluding hydrogens is 398 g/mol. The Labute approximate surface area is 186 Å². The molecular formula is C27H23N3O2. The van der Waals surface area contributed by atoms with Gasteiger partial charge in [0.15, 0.2) is 11.5 Å². The highest BCUT2D eigenvalue weighted by Gasteiger charge is 2.20. The van der Waals surface area contributed by atoms with Crippen molar-refractivity contribution in [3.8, 4) is 28.4 Å². The first-order valence-corrected chi connectivity index (χ1v) is 10.8. The summed E-state index contributed by atoms with van der Waals surface area (Å²) >= 11 is 0. The number of hydrogen-bond donors (Lipinski definition) is 0. The summed E-state index contributed by atoms with van der Waals surface area (Å²) in [5, 5.41) is 7.10. The molecule has 6 rings (SSSR count). The van der Waals surface area contributed by atoms with Gasteiger partial charge >= 0.3 is 0 Å². The molecule has 1 aliphatic heterocycles. The van der Waals surface area contributed by atoms with Crippen molar-refractivity contribution in [1.82, 2.24) is 14.8 Å². The second-order valence-electron chi connectivity index (χ2n) is 8.43. The lowest BCUT2D eigenvalue weighted by atomic mass is 10.0. The fourth-order valence-corrected chi connectivity index (χ4v) is 4.29. The molecule has 158 valence electrons. The number of rotatable bonds is 2. The van der Waals surface area contributed by atoms with Crippen LogP contribution in [0.15, 0.2) is 60.8 Å². The van der Waals surface area contributed by atoms with Gasteiger partial charge in [0.1, 0.15) is 18.9 Å². The Morgan fingerprint density at radius 1 is 0.781 bits per heavy atom. The van der Waals surface area contributed by atoms with Crippen molar-refractivity contribution in [2.45, 2.75) is 20.8 Å². The highest BCUT2D eigenvalue weighted by atomic mass is 16.6. The van der Waals surface area contributed by atoms with Crippen LogP contribution in [0.3, 0.4) is 0 Å². The molecule has 0 spiro atoms.